The molecule has 0 spiro atoms. The van der Waals surface area contributed by atoms with Crippen LogP contribution in [0.5, 0.6) is 5.75 Å². The molecule has 9 heteroatoms. The maximum absolute atomic E-state index is 11.9. The summed E-state index contributed by atoms with van der Waals surface area (Å²) in [6.07, 6.45) is 0. The van der Waals surface area contributed by atoms with Gasteiger partial charge in [-0.3, -0.25) is 20.4 Å². The highest BCUT2D eigenvalue weighted by Crippen LogP contribution is 2.31. The molecule has 0 unspecified atom stereocenters. The Kier molecular flexibility index (Phi) is 5.90. The summed E-state index contributed by atoms with van der Waals surface area (Å²) in [4.78, 5) is 28.6. The number of thiazole rings is 1. The highest BCUT2D eigenvalue weighted by Gasteiger charge is 2.11. The predicted molar refractivity (Wildman–Crippen MR) is 101 cm³/mol. The molecule has 0 atom stereocenters. The number of carbonyl (C=O) groups excluding carboxylic acids is 2. The fraction of sp³-hybridized carbons (Fsp3) is 0.188. The van der Waals surface area contributed by atoms with Gasteiger partial charge in [-0.2, -0.15) is 0 Å². The first-order valence-corrected chi connectivity index (χ1v) is 10.1. The molecular weight excluding hydrogens is 378 g/mol. The summed E-state index contributed by atoms with van der Waals surface area (Å²) in [5.74, 6) is 0.369. The van der Waals surface area contributed by atoms with Crippen LogP contribution in [0.3, 0.4) is 0 Å². The minimum atomic E-state index is -0.322. The molecule has 6 nitrogen and oxygen atoms in total. The number of amides is 2. The van der Waals surface area contributed by atoms with Gasteiger partial charge in [-0.1, -0.05) is 17.8 Å². The zero-order valence-electron chi connectivity index (χ0n) is 13.3. The van der Waals surface area contributed by atoms with Crippen LogP contribution in [-0.2, 0) is 4.79 Å². The van der Waals surface area contributed by atoms with E-state index in [1.807, 2.05) is 25.1 Å². The van der Waals surface area contributed by atoms with Gasteiger partial charge in [0.05, 0.1) is 27.5 Å². The van der Waals surface area contributed by atoms with Crippen LogP contribution in [0, 0.1) is 0 Å². The van der Waals surface area contributed by atoms with E-state index in [9.17, 15) is 9.59 Å². The highest BCUT2D eigenvalue weighted by atomic mass is 32.2. The van der Waals surface area contributed by atoms with E-state index in [0.29, 0.717) is 11.5 Å². The van der Waals surface area contributed by atoms with Gasteiger partial charge in [-0.25, -0.2) is 4.98 Å². The summed E-state index contributed by atoms with van der Waals surface area (Å²) in [7, 11) is 0. The molecule has 0 bridgehead atoms. The molecule has 0 aliphatic heterocycles. The third kappa shape index (κ3) is 4.71. The van der Waals surface area contributed by atoms with Crippen LogP contribution in [-0.4, -0.2) is 29.2 Å². The lowest BCUT2D eigenvalue weighted by Crippen LogP contribution is -2.42. The lowest BCUT2D eigenvalue weighted by molar-refractivity contribution is -0.119. The molecule has 2 heterocycles. The van der Waals surface area contributed by atoms with E-state index >= 15 is 0 Å². The van der Waals surface area contributed by atoms with Gasteiger partial charge < -0.3 is 4.74 Å². The van der Waals surface area contributed by atoms with Crippen LogP contribution in [0.25, 0.3) is 10.2 Å². The second-order valence-electron chi connectivity index (χ2n) is 4.81. The van der Waals surface area contributed by atoms with Gasteiger partial charge in [0.1, 0.15) is 5.75 Å². The Morgan fingerprint density at radius 2 is 2.16 bits per heavy atom. The van der Waals surface area contributed by atoms with E-state index in [0.717, 1.165) is 20.3 Å². The molecule has 25 heavy (non-hydrogen) atoms. The first-order chi connectivity index (χ1) is 12.2. The van der Waals surface area contributed by atoms with Crippen molar-refractivity contribution in [3.8, 4) is 5.75 Å². The number of hydrogen-bond acceptors (Lipinski definition) is 7. The number of hydrogen-bond donors (Lipinski definition) is 2. The van der Waals surface area contributed by atoms with Crippen LogP contribution in [0.1, 0.15) is 16.6 Å². The van der Waals surface area contributed by atoms with Crippen LogP contribution in [0.4, 0.5) is 0 Å². The molecule has 2 aromatic heterocycles. The SMILES string of the molecule is CCOc1ccc2nc(SCC(=O)NNC(=O)c3cccs3)sc2c1. The van der Waals surface area contributed by atoms with Crippen molar-refractivity contribution in [3.05, 3.63) is 40.6 Å². The Balaban J connectivity index is 1.51. The monoisotopic (exact) mass is 393 g/mol. The van der Waals surface area contributed by atoms with Crippen molar-refractivity contribution < 1.29 is 14.3 Å². The van der Waals surface area contributed by atoms with E-state index in [-0.39, 0.29) is 17.6 Å². The van der Waals surface area contributed by atoms with Gasteiger partial charge in [0, 0.05) is 0 Å². The highest BCUT2D eigenvalue weighted by molar-refractivity contribution is 8.01. The minimum Gasteiger partial charge on any atom is -0.494 e. The number of ether oxygens (including phenoxy) is 1. The Labute approximate surface area is 156 Å². The second kappa shape index (κ2) is 8.32. The second-order valence-corrected chi connectivity index (χ2v) is 8.01. The van der Waals surface area contributed by atoms with Gasteiger partial charge in [0.15, 0.2) is 4.34 Å². The average Bonchev–Trinajstić information content (AvgIpc) is 3.27. The molecule has 0 radical (unpaired) electrons. The summed E-state index contributed by atoms with van der Waals surface area (Å²) in [5, 5.41) is 1.80. The molecule has 1 aromatic carbocycles. The molecule has 3 rings (SSSR count). The van der Waals surface area contributed by atoms with E-state index in [1.54, 1.807) is 17.5 Å². The van der Waals surface area contributed by atoms with E-state index in [1.165, 1.54) is 34.4 Å². The molecule has 3 aromatic rings. The molecule has 2 amide bonds. The van der Waals surface area contributed by atoms with Crippen LogP contribution < -0.4 is 15.6 Å². The first kappa shape index (κ1) is 17.7. The number of aromatic nitrogens is 1. The number of fused-ring (bicyclic) bond motifs is 1. The maximum Gasteiger partial charge on any atom is 0.279 e. The summed E-state index contributed by atoms with van der Waals surface area (Å²) < 4.78 is 7.28. The summed E-state index contributed by atoms with van der Waals surface area (Å²) in [5.41, 5.74) is 5.68. The lowest BCUT2D eigenvalue weighted by atomic mass is 10.3. The van der Waals surface area contributed by atoms with Crippen LogP contribution in [0.2, 0.25) is 0 Å². The number of hydrazine groups is 1. The summed E-state index contributed by atoms with van der Waals surface area (Å²) in [6.45, 7) is 2.55. The quantitative estimate of drug-likeness (QED) is 0.496. The fourth-order valence-corrected chi connectivity index (χ4v) is 4.48. The van der Waals surface area contributed by atoms with Crippen molar-refractivity contribution in [1.82, 2.24) is 15.8 Å². The normalized spacial score (nSPS) is 10.6. The third-order valence-electron chi connectivity index (χ3n) is 3.04. The molecular formula is C16H15N3O3S3. The van der Waals surface area contributed by atoms with Gasteiger partial charge in [0.2, 0.25) is 5.91 Å². The number of rotatable bonds is 6. The molecule has 0 saturated heterocycles. The number of nitrogens with one attached hydrogen (secondary N) is 2. The number of carbonyl (C=O) groups is 2. The zero-order chi connectivity index (χ0) is 17.6. The molecule has 0 aliphatic rings. The Morgan fingerprint density at radius 3 is 2.92 bits per heavy atom. The Bertz CT molecular complexity index is 877. The standard InChI is InChI=1S/C16H15N3O3S3/c1-2-22-10-5-6-11-13(8-10)25-16(17-11)24-9-14(20)18-19-15(21)12-4-3-7-23-12/h3-8H,2,9H2,1H3,(H,18,20)(H,19,21). The smallest absolute Gasteiger partial charge is 0.279 e. The summed E-state index contributed by atoms with van der Waals surface area (Å²) >= 11 is 4.15. The first-order valence-electron chi connectivity index (χ1n) is 7.44. The lowest BCUT2D eigenvalue weighted by Gasteiger charge is -2.04. The van der Waals surface area contributed by atoms with Gasteiger partial charge in [0.25, 0.3) is 5.91 Å². The van der Waals surface area contributed by atoms with Crippen molar-refractivity contribution in [2.75, 3.05) is 12.4 Å². The van der Waals surface area contributed by atoms with Gasteiger partial charge in [-0.05, 0) is 36.6 Å². The average molecular weight is 394 g/mol. The molecule has 2 N–H and O–H groups in total. The molecule has 130 valence electrons. The van der Waals surface area contributed by atoms with Crippen molar-refractivity contribution >= 4 is 56.5 Å². The van der Waals surface area contributed by atoms with Crippen molar-refractivity contribution in [2.24, 2.45) is 0 Å². The van der Waals surface area contributed by atoms with Crippen molar-refractivity contribution in [1.29, 1.82) is 0 Å². The number of thiophene rings is 1. The summed E-state index contributed by atoms with van der Waals surface area (Å²) in [6, 6.07) is 9.21. The molecule has 0 aliphatic carbocycles. The van der Waals surface area contributed by atoms with Gasteiger partial charge in [-0.15, -0.1) is 22.7 Å². The van der Waals surface area contributed by atoms with Gasteiger partial charge >= 0.3 is 0 Å². The zero-order valence-corrected chi connectivity index (χ0v) is 15.7. The predicted octanol–water partition coefficient (Wildman–Crippen LogP) is 3.31. The third-order valence-corrected chi connectivity index (χ3v) is 6.07. The Morgan fingerprint density at radius 1 is 1.28 bits per heavy atom. The molecule has 0 fully saturated rings. The largest absolute Gasteiger partial charge is 0.494 e. The number of nitrogens with zero attached hydrogens (tertiary/aromatic N) is 1. The van der Waals surface area contributed by atoms with Crippen LogP contribution >= 0.6 is 34.4 Å². The maximum atomic E-state index is 11.9. The van der Waals surface area contributed by atoms with Crippen LogP contribution in [0.15, 0.2) is 40.1 Å². The number of benzene rings is 1. The topological polar surface area (TPSA) is 80.3 Å². The fourth-order valence-electron chi connectivity index (χ4n) is 1.96. The van der Waals surface area contributed by atoms with E-state index in [2.05, 4.69) is 15.8 Å². The van der Waals surface area contributed by atoms with Crippen molar-refractivity contribution in [3.63, 3.8) is 0 Å². The van der Waals surface area contributed by atoms with Crippen molar-refractivity contribution in [2.45, 2.75) is 11.3 Å². The Hall–Kier alpha value is -2.10. The minimum absolute atomic E-state index is 0.170. The molecule has 0 saturated carbocycles. The number of thioether (sulfide) groups is 1. The van der Waals surface area contributed by atoms with E-state index in [4.69, 9.17) is 4.74 Å². The van der Waals surface area contributed by atoms with E-state index < -0.39 is 0 Å².